The first-order valence-electron chi connectivity index (χ1n) is 8.87. The quantitative estimate of drug-likeness (QED) is 0.353. The Balaban J connectivity index is 1.82. The molecule has 3 aromatic rings. The van der Waals surface area contributed by atoms with Gasteiger partial charge in [0.1, 0.15) is 0 Å². The van der Waals surface area contributed by atoms with Crippen molar-refractivity contribution in [2.45, 2.75) is 13.8 Å². The summed E-state index contributed by atoms with van der Waals surface area (Å²) in [7, 11) is 1.36. The third kappa shape index (κ3) is 4.63. The number of methoxy groups -OCH3 is 1. The zero-order valence-corrected chi connectivity index (χ0v) is 17.9. The molecule has 0 atom stereocenters. The van der Waals surface area contributed by atoms with E-state index in [1.165, 1.54) is 7.11 Å². The molecule has 0 aliphatic heterocycles. The van der Waals surface area contributed by atoms with Crippen LogP contribution in [-0.2, 0) is 4.74 Å². The number of nitrogens with zero attached hydrogens (tertiary/aromatic N) is 2. The highest BCUT2D eigenvalue weighted by atomic mass is 79.9. The van der Waals surface area contributed by atoms with Gasteiger partial charge in [0.25, 0.3) is 5.91 Å². The van der Waals surface area contributed by atoms with Crippen molar-refractivity contribution in [2.75, 3.05) is 7.11 Å². The minimum absolute atomic E-state index is 0.290. The summed E-state index contributed by atoms with van der Waals surface area (Å²) in [5.74, 6) is -0.673. The van der Waals surface area contributed by atoms with Crippen LogP contribution in [0.5, 0.6) is 0 Å². The van der Waals surface area contributed by atoms with Gasteiger partial charge in [0.05, 0.1) is 18.9 Å². The fourth-order valence-corrected chi connectivity index (χ4v) is 3.46. The number of hydrogen-bond donors (Lipinski definition) is 1. The average molecular weight is 454 g/mol. The molecule has 0 aliphatic carbocycles. The first-order chi connectivity index (χ1) is 13.9. The van der Waals surface area contributed by atoms with Gasteiger partial charge in [-0.25, -0.2) is 10.2 Å². The molecule has 1 amide bonds. The van der Waals surface area contributed by atoms with Crippen molar-refractivity contribution in [3.63, 3.8) is 0 Å². The molecule has 0 saturated heterocycles. The molecule has 0 bridgehead atoms. The van der Waals surface area contributed by atoms with E-state index >= 15 is 0 Å². The molecule has 0 saturated carbocycles. The third-order valence-corrected chi connectivity index (χ3v) is 4.95. The number of benzene rings is 2. The van der Waals surface area contributed by atoms with Crippen LogP contribution in [-0.4, -0.2) is 29.8 Å². The van der Waals surface area contributed by atoms with E-state index in [-0.39, 0.29) is 11.9 Å². The monoisotopic (exact) mass is 453 g/mol. The van der Waals surface area contributed by atoms with Crippen LogP contribution in [0.25, 0.3) is 5.69 Å². The summed E-state index contributed by atoms with van der Waals surface area (Å²) in [4.78, 5) is 24.0. The Bertz CT molecular complexity index is 1100. The van der Waals surface area contributed by atoms with Crippen molar-refractivity contribution in [3.8, 4) is 5.69 Å². The normalized spacial score (nSPS) is 10.9. The highest BCUT2D eigenvalue weighted by Gasteiger charge is 2.12. The van der Waals surface area contributed by atoms with Crippen molar-refractivity contribution >= 4 is 34.0 Å². The summed E-state index contributed by atoms with van der Waals surface area (Å²) in [5, 5.41) is 4.09. The molecule has 0 unspecified atom stereocenters. The van der Waals surface area contributed by atoms with Crippen molar-refractivity contribution in [3.05, 3.63) is 87.1 Å². The van der Waals surface area contributed by atoms with Crippen LogP contribution in [0.3, 0.4) is 0 Å². The average Bonchev–Trinajstić information content (AvgIpc) is 3.00. The van der Waals surface area contributed by atoms with E-state index in [4.69, 9.17) is 4.74 Å². The van der Waals surface area contributed by atoms with E-state index in [0.29, 0.717) is 11.1 Å². The molecule has 7 heteroatoms. The Morgan fingerprint density at radius 3 is 2.52 bits per heavy atom. The molecule has 0 spiro atoms. The van der Waals surface area contributed by atoms with Gasteiger partial charge in [-0.1, -0.05) is 28.1 Å². The minimum atomic E-state index is -0.383. The number of carbonyl (C=O) groups is 2. The predicted octanol–water partition coefficient (Wildman–Crippen LogP) is 4.41. The lowest BCUT2D eigenvalue weighted by Gasteiger charge is -2.10. The summed E-state index contributed by atoms with van der Waals surface area (Å²) >= 11 is 3.35. The first-order valence-corrected chi connectivity index (χ1v) is 9.66. The van der Waals surface area contributed by atoms with E-state index in [9.17, 15) is 9.59 Å². The van der Waals surface area contributed by atoms with Crippen molar-refractivity contribution in [2.24, 2.45) is 5.10 Å². The molecule has 0 radical (unpaired) electrons. The molecule has 0 aliphatic rings. The van der Waals surface area contributed by atoms with Crippen LogP contribution in [0.15, 0.2) is 64.2 Å². The van der Waals surface area contributed by atoms with Gasteiger partial charge in [0, 0.05) is 32.7 Å². The zero-order chi connectivity index (χ0) is 21.0. The van der Waals surface area contributed by atoms with Crippen LogP contribution in [0.4, 0.5) is 0 Å². The van der Waals surface area contributed by atoms with Crippen molar-refractivity contribution in [1.29, 1.82) is 0 Å². The fourth-order valence-electron chi connectivity index (χ4n) is 3.06. The molecule has 148 valence electrons. The summed E-state index contributed by atoms with van der Waals surface area (Å²) in [6, 6.07) is 16.3. The van der Waals surface area contributed by atoms with Gasteiger partial charge < -0.3 is 9.30 Å². The number of aryl methyl sites for hydroxylation is 1. The number of nitrogens with one attached hydrogen (secondary N) is 1. The lowest BCUT2D eigenvalue weighted by atomic mass is 10.2. The number of rotatable bonds is 5. The molecule has 2 aromatic carbocycles. The van der Waals surface area contributed by atoms with E-state index in [1.54, 1.807) is 36.5 Å². The van der Waals surface area contributed by atoms with Gasteiger partial charge in [-0.15, -0.1) is 0 Å². The molecular formula is C22H20BrN3O3. The number of carbonyl (C=O) groups excluding carboxylic acids is 2. The van der Waals surface area contributed by atoms with Gasteiger partial charge >= 0.3 is 5.97 Å². The van der Waals surface area contributed by atoms with E-state index in [2.05, 4.69) is 26.5 Å². The Labute approximate surface area is 177 Å². The zero-order valence-electron chi connectivity index (χ0n) is 16.3. The smallest absolute Gasteiger partial charge is 0.337 e. The molecule has 1 N–H and O–H groups in total. The van der Waals surface area contributed by atoms with Crippen LogP contribution >= 0.6 is 15.9 Å². The second kappa shape index (κ2) is 8.87. The van der Waals surface area contributed by atoms with Crippen molar-refractivity contribution < 1.29 is 14.3 Å². The van der Waals surface area contributed by atoms with Gasteiger partial charge in [-0.05, 0) is 56.3 Å². The number of ether oxygens (including phenoxy) is 1. The maximum absolute atomic E-state index is 12.2. The number of aromatic nitrogens is 1. The lowest BCUT2D eigenvalue weighted by molar-refractivity contribution is 0.0600. The summed E-state index contributed by atoms with van der Waals surface area (Å²) in [6.07, 6.45) is 1.61. The molecule has 0 fully saturated rings. The fraction of sp³-hybridized carbons (Fsp3) is 0.136. The number of hydrogen-bond acceptors (Lipinski definition) is 4. The SMILES string of the molecule is COC(=O)c1cccc(-n2c(C)cc(/C=N\NC(=O)c3cccc(Br)c3)c2C)c1. The van der Waals surface area contributed by atoms with Crippen LogP contribution in [0.1, 0.15) is 37.7 Å². The van der Waals surface area contributed by atoms with E-state index in [1.807, 2.05) is 42.7 Å². The number of halogens is 1. The van der Waals surface area contributed by atoms with Crippen LogP contribution in [0, 0.1) is 13.8 Å². The lowest BCUT2D eigenvalue weighted by Crippen LogP contribution is -2.17. The molecule has 29 heavy (non-hydrogen) atoms. The largest absolute Gasteiger partial charge is 0.465 e. The Morgan fingerprint density at radius 1 is 1.07 bits per heavy atom. The van der Waals surface area contributed by atoms with Gasteiger partial charge in [0.15, 0.2) is 0 Å². The molecule has 1 aromatic heterocycles. The summed E-state index contributed by atoms with van der Waals surface area (Å²) in [5.41, 5.74) is 7.16. The summed E-state index contributed by atoms with van der Waals surface area (Å²) in [6.45, 7) is 3.92. The highest BCUT2D eigenvalue weighted by Crippen LogP contribution is 2.21. The summed E-state index contributed by atoms with van der Waals surface area (Å²) < 4.78 is 7.64. The van der Waals surface area contributed by atoms with Crippen LogP contribution < -0.4 is 5.43 Å². The predicted molar refractivity (Wildman–Crippen MR) is 116 cm³/mol. The van der Waals surface area contributed by atoms with E-state index in [0.717, 1.165) is 27.1 Å². The van der Waals surface area contributed by atoms with Gasteiger partial charge in [-0.2, -0.15) is 5.10 Å². The molecule has 6 nitrogen and oxygen atoms in total. The number of hydrazone groups is 1. The second-order valence-electron chi connectivity index (χ2n) is 6.41. The standard InChI is InChI=1S/C22H20BrN3O3/c1-14-10-18(13-24-25-21(27)16-6-4-8-19(23)11-16)15(2)26(14)20-9-5-7-17(12-20)22(28)29-3/h4-13H,1-3H3,(H,25,27)/b24-13-. The number of esters is 1. The van der Waals surface area contributed by atoms with Crippen LogP contribution in [0.2, 0.25) is 0 Å². The van der Waals surface area contributed by atoms with Gasteiger partial charge in [-0.3, -0.25) is 4.79 Å². The van der Waals surface area contributed by atoms with Crippen molar-refractivity contribution in [1.82, 2.24) is 9.99 Å². The Morgan fingerprint density at radius 2 is 1.79 bits per heavy atom. The highest BCUT2D eigenvalue weighted by molar-refractivity contribution is 9.10. The Hall–Kier alpha value is -3.19. The topological polar surface area (TPSA) is 72.7 Å². The molecular weight excluding hydrogens is 434 g/mol. The maximum Gasteiger partial charge on any atom is 0.337 e. The first kappa shape index (κ1) is 20.5. The van der Waals surface area contributed by atoms with Gasteiger partial charge in [0.2, 0.25) is 0 Å². The maximum atomic E-state index is 12.2. The number of amides is 1. The second-order valence-corrected chi connectivity index (χ2v) is 7.33. The molecule has 1 heterocycles. The third-order valence-electron chi connectivity index (χ3n) is 4.45. The minimum Gasteiger partial charge on any atom is -0.465 e. The molecule has 3 rings (SSSR count). The van der Waals surface area contributed by atoms with E-state index < -0.39 is 0 Å². The Kier molecular flexibility index (Phi) is 6.29.